The van der Waals surface area contributed by atoms with Crippen molar-refractivity contribution in [2.75, 3.05) is 20.1 Å². The number of nitrogens with one attached hydrogen (secondary N) is 2. The average Bonchev–Trinajstić information content (AvgIpc) is 2.27. The molecule has 0 aliphatic carbocycles. The third kappa shape index (κ3) is 3.76. The van der Waals surface area contributed by atoms with Gasteiger partial charge in [-0.05, 0) is 47.2 Å². The molecule has 1 fully saturated rings. The molecule has 0 spiro atoms. The highest BCUT2D eigenvalue weighted by molar-refractivity contribution is 5.81. The van der Waals surface area contributed by atoms with Crippen LogP contribution in [0.2, 0.25) is 0 Å². The van der Waals surface area contributed by atoms with Crippen molar-refractivity contribution < 1.29 is 4.79 Å². The van der Waals surface area contributed by atoms with Crippen molar-refractivity contribution in [3.63, 3.8) is 0 Å². The molecule has 0 radical (unpaired) electrons. The van der Waals surface area contributed by atoms with Gasteiger partial charge in [-0.2, -0.15) is 0 Å². The molecule has 16 heavy (non-hydrogen) atoms. The van der Waals surface area contributed by atoms with Crippen LogP contribution in [0.4, 0.5) is 0 Å². The minimum atomic E-state index is -0.0488. The lowest BCUT2D eigenvalue weighted by atomic mass is 10.0. The van der Waals surface area contributed by atoms with Crippen LogP contribution in [0, 0.1) is 0 Å². The van der Waals surface area contributed by atoms with Gasteiger partial charge in [0.1, 0.15) is 0 Å². The number of amides is 1. The molecule has 4 heteroatoms. The van der Waals surface area contributed by atoms with Crippen LogP contribution in [0.3, 0.4) is 0 Å². The summed E-state index contributed by atoms with van der Waals surface area (Å²) in [6.07, 6.45) is 2.39. The molecule has 2 atom stereocenters. The largest absolute Gasteiger partial charge is 0.353 e. The SMILES string of the molecule is CC(C)NC(=O)C(C)N(C)C1CCCNC1. The van der Waals surface area contributed by atoms with E-state index in [1.54, 1.807) is 0 Å². The Bertz CT molecular complexity index is 224. The molecule has 0 aromatic carbocycles. The first-order valence-electron chi connectivity index (χ1n) is 6.25. The molecule has 2 N–H and O–H groups in total. The number of piperidine rings is 1. The van der Waals surface area contributed by atoms with E-state index in [1.807, 2.05) is 27.8 Å². The summed E-state index contributed by atoms with van der Waals surface area (Å²) >= 11 is 0. The van der Waals surface area contributed by atoms with Gasteiger partial charge in [0.05, 0.1) is 6.04 Å². The zero-order chi connectivity index (χ0) is 12.1. The number of carbonyl (C=O) groups excluding carboxylic acids is 1. The van der Waals surface area contributed by atoms with Gasteiger partial charge in [-0.3, -0.25) is 9.69 Å². The van der Waals surface area contributed by atoms with Gasteiger partial charge in [-0.25, -0.2) is 0 Å². The molecule has 0 bridgehead atoms. The van der Waals surface area contributed by atoms with Crippen molar-refractivity contribution in [1.82, 2.24) is 15.5 Å². The highest BCUT2D eigenvalue weighted by atomic mass is 16.2. The second kappa shape index (κ2) is 6.21. The first kappa shape index (κ1) is 13.5. The van der Waals surface area contributed by atoms with E-state index in [-0.39, 0.29) is 18.0 Å². The first-order chi connectivity index (χ1) is 7.52. The Morgan fingerprint density at radius 2 is 2.12 bits per heavy atom. The molecular weight excluding hydrogens is 202 g/mol. The van der Waals surface area contributed by atoms with E-state index >= 15 is 0 Å². The topological polar surface area (TPSA) is 44.4 Å². The van der Waals surface area contributed by atoms with E-state index in [9.17, 15) is 4.79 Å². The number of carbonyl (C=O) groups is 1. The van der Waals surface area contributed by atoms with Crippen LogP contribution in [-0.4, -0.2) is 49.1 Å². The normalized spacial score (nSPS) is 23.5. The van der Waals surface area contributed by atoms with E-state index in [1.165, 1.54) is 12.8 Å². The average molecular weight is 227 g/mol. The van der Waals surface area contributed by atoms with Gasteiger partial charge in [-0.15, -0.1) is 0 Å². The predicted octanol–water partition coefficient (Wildman–Crippen LogP) is 0.583. The maximum atomic E-state index is 11.9. The Balaban J connectivity index is 2.44. The van der Waals surface area contributed by atoms with E-state index < -0.39 is 0 Å². The Morgan fingerprint density at radius 3 is 2.62 bits per heavy atom. The third-order valence-corrected chi connectivity index (χ3v) is 3.27. The van der Waals surface area contributed by atoms with Crippen molar-refractivity contribution in [3.8, 4) is 0 Å². The zero-order valence-corrected chi connectivity index (χ0v) is 10.9. The minimum Gasteiger partial charge on any atom is -0.353 e. The summed E-state index contributed by atoms with van der Waals surface area (Å²) in [5.74, 6) is 0.128. The van der Waals surface area contributed by atoms with Crippen LogP contribution in [0.5, 0.6) is 0 Å². The highest BCUT2D eigenvalue weighted by Crippen LogP contribution is 2.11. The fraction of sp³-hybridized carbons (Fsp3) is 0.917. The molecule has 1 saturated heterocycles. The van der Waals surface area contributed by atoms with Gasteiger partial charge in [0.2, 0.25) is 5.91 Å². The lowest BCUT2D eigenvalue weighted by Gasteiger charge is -2.35. The van der Waals surface area contributed by atoms with Crippen LogP contribution in [0.1, 0.15) is 33.6 Å². The second-order valence-electron chi connectivity index (χ2n) is 5.00. The highest BCUT2D eigenvalue weighted by Gasteiger charge is 2.25. The van der Waals surface area contributed by atoms with E-state index in [0.29, 0.717) is 6.04 Å². The lowest BCUT2D eigenvalue weighted by Crippen LogP contribution is -2.53. The molecule has 0 saturated carbocycles. The number of hydrogen-bond acceptors (Lipinski definition) is 3. The third-order valence-electron chi connectivity index (χ3n) is 3.27. The Hall–Kier alpha value is -0.610. The van der Waals surface area contributed by atoms with E-state index in [0.717, 1.165) is 13.1 Å². The molecule has 2 unspecified atom stereocenters. The molecular formula is C12H25N3O. The van der Waals surface area contributed by atoms with E-state index in [4.69, 9.17) is 0 Å². The van der Waals surface area contributed by atoms with Crippen molar-refractivity contribution >= 4 is 5.91 Å². The number of hydrogen-bond donors (Lipinski definition) is 2. The minimum absolute atomic E-state index is 0.0488. The smallest absolute Gasteiger partial charge is 0.237 e. The van der Waals surface area contributed by atoms with Crippen molar-refractivity contribution in [2.45, 2.75) is 51.7 Å². The maximum absolute atomic E-state index is 11.9. The van der Waals surface area contributed by atoms with Gasteiger partial charge < -0.3 is 10.6 Å². The van der Waals surface area contributed by atoms with Gasteiger partial charge in [0.25, 0.3) is 0 Å². The molecule has 1 heterocycles. The van der Waals surface area contributed by atoms with Gasteiger partial charge in [0.15, 0.2) is 0 Å². The molecule has 1 aliphatic rings. The molecule has 1 rings (SSSR count). The summed E-state index contributed by atoms with van der Waals surface area (Å²) in [6, 6.07) is 0.654. The lowest BCUT2D eigenvalue weighted by molar-refractivity contribution is -0.126. The molecule has 94 valence electrons. The Labute approximate surface area is 98.8 Å². The molecule has 0 aromatic heterocycles. The van der Waals surface area contributed by atoms with Crippen LogP contribution in [-0.2, 0) is 4.79 Å². The van der Waals surface area contributed by atoms with E-state index in [2.05, 4.69) is 15.5 Å². The molecule has 4 nitrogen and oxygen atoms in total. The van der Waals surface area contributed by atoms with Gasteiger partial charge in [0, 0.05) is 18.6 Å². The van der Waals surface area contributed by atoms with Gasteiger partial charge >= 0.3 is 0 Å². The summed E-state index contributed by atoms with van der Waals surface area (Å²) in [7, 11) is 2.04. The Morgan fingerprint density at radius 1 is 1.44 bits per heavy atom. The van der Waals surface area contributed by atoms with Crippen molar-refractivity contribution in [1.29, 1.82) is 0 Å². The summed E-state index contributed by atoms with van der Waals surface area (Å²) in [5.41, 5.74) is 0. The quantitative estimate of drug-likeness (QED) is 0.738. The molecule has 0 aromatic rings. The maximum Gasteiger partial charge on any atom is 0.237 e. The van der Waals surface area contributed by atoms with Crippen LogP contribution < -0.4 is 10.6 Å². The predicted molar refractivity (Wildman–Crippen MR) is 66.4 cm³/mol. The number of rotatable bonds is 4. The summed E-state index contributed by atoms with van der Waals surface area (Å²) in [4.78, 5) is 14.0. The number of nitrogens with zero attached hydrogens (tertiary/aromatic N) is 1. The van der Waals surface area contributed by atoms with Crippen LogP contribution >= 0.6 is 0 Å². The standard InChI is InChI=1S/C12H25N3O/c1-9(2)14-12(16)10(3)15(4)11-6-5-7-13-8-11/h9-11,13H,5-8H2,1-4H3,(H,14,16). The van der Waals surface area contributed by atoms with Crippen LogP contribution in [0.25, 0.3) is 0 Å². The van der Waals surface area contributed by atoms with Crippen molar-refractivity contribution in [2.24, 2.45) is 0 Å². The van der Waals surface area contributed by atoms with Gasteiger partial charge in [-0.1, -0.05) is 0 Å². The summed E-state index contributed by atoms with van der Waals surface area (Å²) < 4.78 is 0. The fourth-order valence-electron chi connectivity index (χ4n) is 2.09. The fourth-order valence-corrected chi connectivity index (χ4v) is 2.09. The summed E-state index contributed by atoms with van der Waals surface area (Å²) in [6.45, 7) is 8.07. The summed E-state index contributed by atoms with van der Waals surface area (Å²) in [5, 5.41) is 6.34. The van der Waals surface area contributed by atoms with Crippen LogP contribution in [0.15, 0.2) is 0 Å². The van der Waals surface area contributed by atoms with Crippen molar-refractivity contribution in [3.05, 3.63) is 0 Å². The first-order valence-corrected chi connectivity index (χ1v) is 6.25. The number of likely N-dealkylation sites (N-methyl/N-ethyl adjacent to an activating group) is 1. The Kier molecular flexibility index (Phi) is 5.22. The molecule has 1 aliphatic heterocycles. The zero-order valence-electron chi connectivity index (χ0n) is 10.9. The second-order valence-corrected chi connectivity index (χ2v) is 5.00. The monoisotopic (exact) mass is 227 g/mol. The molecule has 1 amide bonds.